The van der Waals surface area contributed by atoms with Gasteiger partial charge in [-0.15, -0.1) is 0 Å². The molecule has 0 saturated carbocycles. The van der Waals surface area contributed by atoms with E-state index in [-0.39, 0.29) is 12.1 Å². The first-order chi connectivity index (χ1) is 12.6. The number of hydrogen-bond acceptors (Lipinski definition) is 4. The largest absolute Gasteiger partial charge is 0.378 e. The fraction of sp³-hybridized carbons (Fsp3) is 0.368. The van der Waals surface area contributed by atoms with Gasteiger partial charge in [-0.05, 0) is 36.2 Å². The summed E-state index contributed by atoms with van der Waals surface area (Å²) in [5.41, 5.74) is 1.91. The molecule has 0 spiro atoms. The van der Waals surface area contributed by atoms with Crippen LogP contribution in [0.5, 0.6) is 0 Å². The minimum Gasteiger partial charge on any atom is -0.378 e. The van der Waals surface area contributed by atoms with Crippen LogP contribution in [0.1, 0.15) is 24.1 Å². The predicted molar refractivity (Wildman–Crippen MR) is 103 cm³/mol. The summed E-state index contributed by atoms with van der Waals surface area (Å²) in [6.07, 6.45) is 1.80. The van der Waals surface area contributed by atoms with Crippen LogP contribution in [0.2, 0.25) is 5.02 Å². The van der Waals surface area contributed by atoms with Gasteiger partial charge in [0.15, 0.2) is 0 Å². The highest BCUT2D eigenvalue weighted by molar-refractivity contribution is 6.30. The number of halogens is 1. The molecule has 26 heavy (non-hydrogen) atoms. The molecule has 0 bridgehead atoms. The Hall–Kier alpha value is -2.31. The molecule has 0 aliphatic carbocycles. The second-order valence-electron chi connectivity index (χ2n) is 6.23. The molecule has 2 amide bonds. The predicted octanol–water partition coefficient (Wildman–Crippen LogP) is 3.13. The number of morpholine rings is 1. The summed E-state index contributed by atoms with van der Waals surface area (Å²) in [6.45, 7) is 5.52. The number of amides is 2. The van der Waals surface area contributed by atoms with Crippen LogP contribution in [0.4, 0.5) is 10.6 Å². The number of aromatic nitrogens is 1. The molecule has 1 saturated heterocycles. The van der Waals surface area contributed by atoms with Gasteiger partial charge in [-0.2, -0.15) is 0 Å². The number of carbonyl (C=O) groups excluding carboxylic acids is 1. The SMILES string of the molecule is C[C@H](NC(=O)NCc1ccc(N2CCOCC2)nc1)c1cccc(Cl)c1. The summed E-state index contributed by atoms with van der Waals surface area (Å²) in [5.74, 6) is 0.941. The van der Waals surface area contributed by atoms with E-state index in [4.69, 9.17) is 16.3 Å². The number of nitrogens with zero attached hydrogens (tertiary/aromatic N) is 2. The molecule has 6 nitrogen and oxygen atoms in total. The molecule has 1 aliphatic rings. The minimum atomic E-state index is -0.227. The number of rotatable bonds is 5. The number of benzene rings is 1. The van der Waals surface area contributed by atoms with Crippen LogP contribution in [-0.2, 0) is 11.3 Å². The number of pyridine rings is 1. The molecule has 1 aromatic heterocycles. The van der Waals surface area contributed by atoms with Crippen LogP contribution in [0.25, 0.3) is 0 Å². The summed E-state index contributed by atoms with van der Waals surface area (Å²) in [4.78, 5) is 18.8. The van der Waals surface area contributed by atoms with Crippen molar-refractivity contribution in [1.29, 1.82) is 0 Å². The topological polar surface area (TPSA) is 66.5 Å². The highest BCUT2D eigenvalue weighted by Gasteiger charge is 2.12. The maximum absolute atomic E-state index is 12.1. The number of carbonyl (C=O) groups is 1. The molecule has 1 aromatic carbocycles. The Labute approximate surface area is 158 Å². The Morgan fingerprint density at radius 3 is 2.81 bits per heavy atom. The molecule has 2 heterocycles. The van der Waals surface area contributed by atoms with Crippen molar-refractivity contribution in [3.63, 3.8) is 0 Å². The first-order valence-corrected chi connectivity index (χ1v) is 9.07. The van der Waals surface area contributed by atoms with Crippen LogP contribution in [0, 0.1) is 0 Å². The van der Waals surface area contributed by atoms with E-state index in [2.05, 4.69) is 20.5 Å². The van der Waals surface area contributed by atoms with E-state index >= 15 is 0 Å². The van der Waals surface area contributed by atoms with Gasteiger partial charge in [0.1, 0.15) is 5.82 Å². The number of anilines is 1. The fourth-order valence-electron chi connectivity index (χ4n) is 2.79. The molecular weight excluding hydrogens is 352 g/mol. The van der Waals surface area contributed by atoms with Crippen LogP contribution in [-0.4, -0.2) is 37.3 Å². The first kappa shape index (κ1) is 18.5. The molecule has 2 N–H and O–H groups in total. The first-order valence-electron chi connectivity index (χ1n) is 8.69. The van der Waals surface area contributed by atoms with Gasteiger partial charge in [0.2, 0.25) is 0 Å². The third-order valence-corrected chi connectivity index (χ3v) is 4.53. The molecule has 7 heteroatoms. The summed E-state index contributed by atoms with van der Waals surface area (Å²) >= 11 is 5.99. The summed E-state index contributed by atoms with van der Waals surface area (Å²) in [7, 11) is 0. The van der Waals surface area contributed by atoms with Crippen molar-refractivity contribution in [3.8, 4) is 0 Å². The van der Waals surface area contributed by atoms with Gasteiger partial charge in [-0.1, -0.05) is 29.8 Å². The Morgan fingerprint density at radius 1 is 1.31 bits per heavy atom. The standard InChI is InChI=1S/C19H23ClN4O2/c1-14(16-3-2-4-17(20)11-16)23-19(25)22-13-15-5-6-18(21-12-15)24-7-9-26-10-8-24/h2-6,11-12,14H,7-10,13H2,1H3,(H2,22,23,25)/t14-/m0/s1. The number of urea groups is 1. The lowest BCUT2D eigenvalue weighted by molar-refractivity contribution is 0.122. The second-order valence-corrected chi connectivity index (χ2v) is 6.66. The molecule has 2 aromatic rings. The van der Waals surface area contributed by atoms with Crippen molar-refractivity contribution in [2.75, 3.05) is 31.2 Å². The average Bonchev–Trinajstić information content (AvgIpc) is 2.67. The maximum Gasteiger partial charge on any atom is 0.315 e. The van der Waals surface area contributed by atoms with Gasteiger partial charge in [0.05, 0.1) is 19.3 Å². The Bertz CT molecular complexity index is 733. The van der Waals surface area contributed by atoms with Crippen LogP contribution < -0.4 is 15.5 Å². The quantitative estimate of drug-likeness (QED) is 0.843. The Morgan fingerprint density at radius 2 is 2.12 bits per heavy atom. The molecule has 138 valence electrons. The maximum atomic E-state index is 12.1. The van der Waals surface area contributed by atoms with Crippen molar-refractivity contribution < 1.29 is 9.53 Å². The van der Waals surface area contributed by atoms with Gasteiger partial charge in [-0.3, -0.25) is 0 Å². The van der Waals surface area contributed by atoms with Crippen molar-refractivity contribution in [3.05, 3.63) is 58.7 Å². The van der Waals surface area contributed by atoms with E-state index in [1.807, 2.05) is 43.3 Å². The Kier molecular flexibility index (Phi) is 6.30. The van der Waals surface area contributed by atoms with E-state index in [0.717, 1.165) is 43.2 Å². The van der Waals surface area contributed by atoms with Gasteiger partial charge in [0.25, 0.3) is 0 Å². The van der Waals surface area contributed by atoms with E-state index in [9.17, 15) is 4.79 Å². The minimum absolute atomic E-state index is 0.129. The zero-order valence-corrected chi connectivity index (χ0v) is 15.5. The number of hydrogen-bond donors (Lipinski definition) is 2. The molecule has 1 atom stereocenters. The third kappa shape index (κ3) is 5.09. The molecular formula is C19H23ClN4O2. The molecule has 3 rings (SSSR count). The van der Waals surface area contributed by atoms with Crippen LogP contribution in [0.3, 0.4) is 0 Å². The van der Waals surface area contributed by atoms with Gasteiger partial charge < -0.3 is 20.3 Å². The van der Waals surface area contributed by atoms with Gasteiger partial charge in [-0.25, -0.2) is 9.78 Å². The number of ether oxygens (including phenoxy) is 1. The monoisotopic (exact) mass is 374 g/mol. The number of nitrogens with one attached hydrogen (secondary N) is 2. The van der Waals surface area contributed by atoms with Crippen molar-refractivity contribution >= 4 is 23.4 Å². The van der Waals surface area contributed by atoms with Crippen LogP contribution >= 0.6 is 11.6 Å². The molecule has 1 fully saturated rings. The Balaban J connectivity index is 1.48. The molecule has 0 radical (unpaired) electrons. The van der Waals surface area contributed by atoms with Crippen molar-refractivity contribution in [1.82, 2.24) is 15.6 Å². The lowest BCUT2D eigenvalue weighted by Gasteiger charge is -2.27. The zero-order chi connectivity index (χ0) is 18.4. The van der Waals surface area contributed by atoms with Crippen molar-refractivity contribution in [2.24, 2.45) is 0 Å². The molecule has 1 aliphatic heterocycles. The highest BCUT2D eigenvalue weighted by atomic mass is 35.5. The summed E-state index contributed by atoms with van der Waals surface area (Å²) < 4.78 is 5.35. The molecule has 0 unspecified atom stereocenters. The lowest BCUT2D eigenvalue weighted by atomic mass is 10.1. The fourth-order valence-corrected chi connectivity index (χ4v) is 2.99. The smallest absolute Gasteiger partial charge is 0.315 e. The summed E-state index contributed by atoms with van der Waals surface area (Å²) in [6, 6.07) is 11.1. The van der Waals surface area contributed by atoms with E-state index in [0.29, 0.717) is 11.6 Å². The van der Waals surface area contributed by atoms with Gasteiger partial charge in [0, 0.05) is 30.9 Å². The van der Waals surface area contributed by atoms with Crippen LogP contribution in [0.15, 0.2) is 42.6 Å². The van der Waals surface area contributed by atoms with E-state index < -0.39 is 0 Å². The third-order valence-electron chi connectivity index (χ3n) is 4.29. The lowest BCUT2D eigenvalue weighted by Crippen LogP contribution is -2.37. The van der Waals surface area contributed by atoms with E-state index in [1.54, 1.807) is 6.20 Å². The average molecular weight is 375 g/mol. The normalized spacial score (nSPS) is 15.4. The summed E-state index contributed by atoms with van der Waals surface area (Å²) in [5, 5.41) is 6.42. The van der Waals surface area contributed by atoms with E-state index in [1.165, 1.54) is 0 Å². The zero-order valence-electron chi connectivity index (χ0n) is 14.7. The van der Waals surface area contributed by atoms with Gasteiger partial charge >= 0.3 is 6.03 Å². The second kappa shape index (κ2) is 8.87. The van der Waals surface area contributed by atoms with Crippen molar-refractivity contribution in [2.45, 2.75) is 19.5 Å². The highest BCUT2D eigenvalue weighted by Crippen LogP contribution is 2.17.